The second-order valence-electron chi connectivity index (χ2n) is 3.57. The van der Waals surface area contributed by atoms with Crippen LogP contribution in [0.4, 0.5) is 5.82 Å². The number of carbonyl (C=O) groups excluding carboxylic acids is 1. The zero-order chi connectivity index (χ0) is 12.8. The van der Waals surface area contributed by atoms with Crippen LogP contribution in [0.3, 0.4) is 0 Å². The van der Waals surface area contributed by atoms with Crippen molar-refractivity contribution in [3.05, 3.63) is 47.3 Å². The number of halogens is 1. The Kier molecular flexibility index (Phi) is 4.91. The highest BCUT2D eigenvalue weighted by molar-refractivity contribution is 6.33. The van der Waals surface area contributed by atoms with Gasteiger partial charge in [-0.25, -0.2) is 4.98 Å². The van der Waals surface area contributed by atoms with Crippen molar-refractivity contribution in [1.82, 2.24) is 4.98 Å². The van der Waals surface area contributed by atoms with Crippen molar-refractivity contribution < 1.29 is 4.79 Å². The van der Waals surface area contributed by atoms with E-state index in [0.29, 0.717) is 16.5 Å². The third kappa shape index (κ3) is 3.43. The van der Waals surface area contributed by atoms with Gasteiger partial charge in [0.15, 0.2) is 12.1 Å². The Morgan fingerprint density at radius 3 is 2.88 bits per heavy atom. The highest BCUT2D eigenvalue weighted by Crippen LogP contribution is 2.23. The monoisotopic (exact) mass is 250 g/mol. The molecule has 90 valence electrons. The third-order valence-electron chi connectivity index (χ3n) is 2.37. The van der Waals surface area contributed by atoms with Gasteiger partial charge in [-0.15, -0.1) is 0 Å². The van der Waals surface area contributed by atoms with Gasteiger partial charge in [0.1, 0.15) is 0 Å². The van der Waals surface area contributed by atoms with Gasteiger partial charge in [0.05, 0.1) is 10.7 Å². The summed E-state index contributed by atoms with van der Waals surface area (Å²) in [5.41, 5.74) is 1.36. The van der Waals surface area contributed by atoms with Crippen LogP contribution in [0.1, 0.15) is 13.3 Å². The molecule has 3 nitrogen and oxygen atoms in total. The highest BCUT2D eigenvalue weighted by atomic mass is 35.5. The van der Waals surface area contributed by atoms with Gasteiger partial charge in [-0.05, 0) is 24.6 Å². The summed E-state index contributed by atoms with van der Waals surface area (Å²) in [5.74, 6) is 0.552. The first-order valence-electron chi connectivity index (χ1n) is 5.29. The summed E-state index contributed by atoms with van der Waals surface area (Å²) in [6.07, 6.45) is 4.93. The lowest BCUT2D eigenvalue weighted by Crippen LogP contribution is -2.19. The van der Waals surface area contributed by atoms with E-state index < -0.39 is 0 Å². The van der Waals surface area contributed by atoms with Crippen molar-refractivity contribution in [2.24, 2.45) is 0 Å². The Morgan fingerprint density at radius 2 is 2.35 bits per heavy atom. The van der Waals surface area contributed by atoms with Crippen LogP contribution < -0.4 is 4.90 Å². The SMILES string of the molecule is C=C(/C=C(/C=O)N(C)c1ncccc1Cl)CC. The number of allylic oxidation sites excluding steroid dienone is 3. The summed E-state index contributed by atoms with van der Waals surface area (Å²) in [4.78, 5) is 16.9. The average molecular weight is 251 g/mol. The van der Waals surface area contributed by atoms with Gasteiger partial charge in [-0.2, -0.15) is 0 Å². The van der Waals surface area contributed by atoms with E-state index in [1.54, 1.807) is 36.4 Å². The number of aromatic nitrogens is 1. The fourth-order valence-corrected chi connectivity index (χ4v) is 1.52. The minimum absolute atomic E-state index is 0.484. The molecule has 0 unspecified atom stereocenters. The maximum Gasteiger partial charge on any atom is 0.166 e. The predicted octanol–water partition coefficient (Wildman–Crippen LogP) is 3.22. The lowest BCUT2D eigenvalue weighted by Gasteiger charge is -2.19. The number of hydrogen-bond acceptors (Lipinski definition) is 3. The molecule has 1 rings (SSSR count). The first-order valence-corrected chi connectivity index (χ1v) is 5.66. The highest BCUT2D eigenvalue weighted by Gasteiger charge is 2.11. The number of carbonyl (C=O) groups is 1. The van der Waals surface area contributed by atoms with Crippen LogP contribution in [0.5, 0.6) is 0 Å². The lowest BCUT2D eigenvalue weighted by molar-refractivity contribution is -0.105. The fraction of sp³-hybridized carbons (Fsp3) is 0.231. The molecular weight excluding hydrogens is 236 g/mol. The van der Waals surface area contributed by atoms with E-state index in [9.17, 15) is 4.79 Å². The maximum absolute atomic E-state index is 11.1. The number of anilines is 1. The number of rotatable bonds is 5. The summed E-state index contributed by atoms with van der Waals surface area (Å²) in [6, 6.07) is 3.48. The van der Waals surface area contributed by atoms with Crippen molar-refractivity contribution >= 4 is 23.7 Å². The standard InChI is InChI=1S/C13H15ClN2O/c1-4-10(2)8-11(9-17)16(3)13-12(14)6-5-7-15-13/h5-9H,2,4H2,1,3H3/b11-8-. The maximum atomic E-state index is 11.1. The summed E-state index contributed by atoms with van der Waals surface area (Å²) in [5, 5.41) is 0.505. The van der Waals surface area contributed by atoms with Gasteiger partial charge in [0.25, 0.3) is 0 Å². The van der Waals surface area contributed by atoms with E-state index in [1.807, 2.05) is 6.92 Å². The Hall–Kier alpha value is -1.61. The van der Waals surface area contributed by atoms with E-state index in [2.05, 4.69) is 11.6 Å². The average Bonchev–Trinajstić information content (AvgIpc) is 2.35. The molecule has 0 spiro atoms. The minimum Gasteiger partial charge on any atom is -0.325 e. The number of hydrogen-bond donors (Lipinski definition) is 0. The number of pyridine rings is 1. The molecule has 0 saturated heterocycles. The van der Waals surface area contributed by atoms with Crippen LogP contribution in [0.2, 0.25) is 5.02 Å². The van der Waals surface area contributed by atoms with Crippen molar-refractivity contribution in [3.63, 3.8) is 0 Å². The molecule has 1 heterocycles. The minimum atomic E-state index is 0.484. The molecule has 0 bridgehead atoms. The molecule has 0 radical (unpaired) electrons. The molecular formula is C13H15ClN2O. The van der Waals surface area contributed by atoms with Crippen molar-refractivity contribution in [2.45, 2.75) is 13.3 Å². The summed E-state index contributed by atoms with van der Waals surface area (Å²) in [6.45, 7) is 5.83. The molecule has 0 N–H and O–H groups in total. The predicted molar refractivity (Wildman–Crippen MR) is 71.2 cm³/mol. The largest absolute Gasteiger partial charge is 0.325 e. The van der Waals surface area contributed by atoms with E-state index in [4.69, 9.17) is 11.6 Å². The Morgan fingerprint density at radius 1 is 1.65 bits per heavy atom. The Labute approximate surface area is 106 Å². The lowest BCUT2D eigenvalue weighted by atomic mass is 10.2. The van der Waals surface area contributed by atoms with E-state index >= 15 is 0 Å². The van der Waals surface area contributed by atoms with Gasteiger partial charge >= 0.3 is 0 Å². The van der Waals surface area contributed by atoms with Crippen molar-refractivity contribution in [2.75, 3.05) is 11.9 Å². The van der Waals surface area contributed by atoms with Crippen LogP contribution in [0.15, 0.2) is 42.3 Å². The molecule has 17 heavy (non-hydrogen) atoms. The number of likely N-dealkylation sites (N-methyl/N-ethyl adjacent to an activating group) is 1. The Bertz CT molecular complexity index is 454. The number of aldehydes is 1. The summed E-state index contributed by atoms with van der Waals surface area (Å²) in [7, 11) is 1.75. The molecule has 0 aliphatic carbocycles. The second kappa shape index (κ2) is 6.21. The smallest absolute Gasteiger partial charge is 0.166 e. The first-order chi connectivity index (χ1) is 8.10. The van der Waals surface area contributed by atoms with Gasteiger partial charge < -0.3 is 4.90 Å². The molecule has 0 amide bonds. The topological polar surface area (TPSA) is 33.2 Å². The van der Waals surface area contributed by atoms with Crippen LogP contribution in [-0.4, -0.2) is 18.3 Å². The Balaban J connectivity index is 3.06. The molecule has 0 aliphatic heterocycles. The number of nitrogens with zero attached hydrogens (tertiary/aromatic N) is 2. The van der Waals surface area contributed by atoms with Crippen LogP contribution in [0.25, 0.3) is 0 Å². The molecule has 0 fully saturated rings. The second-order valence-corrected chi connectivity index (χ2v) is 3.97. The van der Waals surface area contributed by atoms with E-state index in [-0.39, 0.29) is 0 Å². The van der Waals surface area contributed by atoms with E-state index in [0.717, 1.165) is 18.3 Å². The van der Waals surface area contributed by atoms with Gasteiger partial charge in [-0.1, -0.05) is 30.7 Å². The normalized spacial score (nSPS) is 11.1. The molecule has 0 saturated carbocycles. The van der Waals surface area contributed by atoms with Crippen molar-refractivity contribution in [3.8, 4) is 0 Å². The quantitative estimate of drug-likeness (QED) is 0.457. The molecule has 4 heteroatoms. The molecule has 1 aromatic rings. The van der Waals surface area contributed by atoms with Gasteiger partial charge in [0, 0.05) is 13.2 Å². The van der Waals surface area contributed by atoms with Crippen LogP contribution in [0, 0.1) is 0 Å². The van der Waals surface area contributed by atoms with Crippen molar-refractivity contribution in [1.29, 1.82) is 0 Å². The van der Waals surface area contributed by atoms with Gasteiger partial charge in [-0.3, -0.25) is 4.79 Å². The zero-order valence-corrected chi connectivity index (χ0v) is 10.7. The molecule has 0 aliphatic rings. The van der Waals surface area contributed by atoms with Crippen LogP contribution in [-0.2, 0) is 4.79 Å². The zero-order valence-electron chi connectivity index (χ0n) is 9.98. The summed E-state index contributed by atoms with van der Waals surface area (Å²) < 4.78 is 0. The van der Waals surface area contributed by atoms with E-state index in [1.165, 1.54) is 0 Å². The fourth-order valence-electron chi connectivity index (χ4n) is 1.27. The summed E-state index contributed by atoms with van der Waals surface area (Å²) >= 11 is 6.02. The van der Waals surface area contributed by atoms with Crippen LogP contribution >= 0.6 is 11.6 Å². The molecule has 0 atom stereocenters. The molecule has 0 aromatic carbocycles. The van der Waals surface area contributed by atoms with Gasteiger partial charge in [0.2, 0.25) is 0 Å². The first kappa shape index (κ1) is 13.5. The molecule has 1 aromatic heterocycles. The third-order valence-corrected chi connectivity index (χ3v) is 2.67.